The van der Waals surface area contributed by atoms with Crippen molar-refractivity contribution < 1.29 is 14.6 Å². The van der Waals surface area contributed by atoms with Gasteiger partial charge in [-0.3, -0.25) is 5.43 Å². The highest BCUT2D eigenvalue weighted by Crippen LogP contribution is 2.10. The quantitative estimate of drug-likeness (QED) is 0.303. The Balaban J connectivity index is 2.30. The van der Waals surface area contributed by atoms with E-state index in [9.17, 15) is 9.90 Å². The lowest BCUT2D eigenvalue weighted by molar-refractivity contribution is -0.307. The summed E-state index contributed by atoms with van der Waals surface area (Å²) in [7, 11) is 0. The summed E-state index contributed by atoms with van der Waals surface area (Å²) >= 11 is 5.08. The van der Waals surface area contributed by atoms with Crippen LogP contribution in [0.1, 0.15) is 31.7 Å². The van der Waals surface area contributed by atoms with Gasteiger partial charge in [0, 0.05) is 6.54 Å². The number of hydrogen-bond donors (Lipinski definition) is 2. The number of unbranched alkanes of at least 4 members (excludes halogenated alkanes) is 2. The second kappa shape index (κ2) is 10.6. The molecule has 0 aliphatic carbocycles. The fraction of sp³-hybridized carbons (Fsp3) is 0.400. The first-order valence-electron chi connectivity index (χ1n) is 7.11. The smallest absolute Gasteiger partial charge is 0.186 e. The Kier molecular flexibility index (Phi) is 8.59. The van der Waals surface area contributed by atoms with Crippen molar-refractivity contribution in [3.05, 3.63) is 29.8 Å². The number of aliphatic carboxylic acids is 1. The lowest BCUT2D eigenvalue weighted by atomic mass is 10.2. The number of hydrogen-bond acceptors (Lipinski definition) is 5. The molecule has 6 nitrogen and oxygen atoms in total. The molecule has 120 valence electrons. The molecule has 0 fully saturated rings. The molecule has 0 aromatic heterocycles. The first-order valence-corrected chi connectivity index (χ1v) is 7.52. The van der Waals surface area contributed by atoms with Gasteiger partial charge in [0.2, 0.25) is 0 Å². The zero-order valence-electron chi connectivity index (χ0n) is 12.5. The third kappa shape index (κ3) is 8.21. The van der Waals surface area contributed by atoms with E-state index < -0.39 is 12.6 Å². The maximum absolute atomic E-state index is 10.3. The van der Waals surface area contributed by atoms with E-state index in [1.165, 1.54) is 12.8 Å². The van der Waals surface area contributed by atoms with E-state index in [1.807, 2.05) is 0 Å². The number of carbonyl (C=O) groups excluding carboxylic acids is 1. The molecule has 1 aromatic carbocycles. The van der Waals surface area contributed by atoms with E-state index in [1.54, 1.807) is 30.5 Å². The van der Waals surface area contributed by atoms with Crippen molar-refractivity contribution in [3.8, 4) is 5.75 Å². The Bertz CT molecular complexity index is 503. The largest absolute Gasteiger partial charge is 0.546 e. The van der Waals surface area contributed by atoms with Gasteiger partial charge in [0.05, 0.1) is 12.2 Å². The topological polar surface area (TPSA) is 85.8 Å². The van der Waals surface area contributed by atoms with Crippen molar-refractivity contribution in [1.82, 2.24) is 10.7 Å². The summed E-state index contributed by atoms with van der Waals surface area (Å²) in [6.45, 7) is 2.52. The third-order valence-electron chi connectivity index (χ3n) is 2.68. The lowest BCUT2D eigenvalue weighted by Crippen LogP contribution is -2.32. The molecule has 22 heavy (non-hydrogen) atoms. The van der Waals surface area contributed by atoms with Crippen LogP contribution >= 0.6 is 12.2 Å². The van der Waals surface area contributed by atoms with Crippen molar-refractivity contribution in [2.24, 2.45) is 5.10 Å². The summed E-state index contributed by atoms with van der Waals surface area (Å²) in [4.78, 5) is 10.3. The first kappa shape index (κ1) is 17.9. The SMILES string of the molecule is CCCCCNC(=S)N/N=C\c1ccc(OCC(=O)[O-])cc1. The molecule has 0 radical (unpaired) electrons. The molecule has 0 unspecified atom stereocenters. The molecular formula is C15H20N3O3S-. The predicted molar refractivity (Wildman–Crippen MR) is 87.8 cm³/mol. The average Bonchev–Trinajstić information content (AvgIpc) is 2.51. The van der Waals surface area contributed by atoms with Gasteiger partial charge in [0.15, 0.2) is 5.11 Å². The van der Waals surface area contributed by atoms with Crippen LogP contribution in [0.3, 0.4) is 0 Å². The van der Waals surface area contributed by atoms with E-state index in [0.29, 0.717) is 10.9 Å². The molecule has 0 bridgehead atoms. The zero-order chi connectivity index (χ0) is 16.2. The second-order valence-electron chi connectivity index (χ2n) is 4.56. The average molecular weight is 322 g/mol. The summed E-state index contributed by atoms with van der Waals surface area (Å²) in [6, 6.07) is 6.83. The van der Waals surface area contributed by atoms with Crippen LogP contribution in [-0.4, -0.2) is 30.4 Å². The zero-order valence-corrected chi connectivity index (χ0v) is 13.3. The molecule has 0 heterocycles. The number of thiocarbonyl (C=S) groups is 1. The summed E-state index contributed by atoms with van der Waals surface area (Å²) in [5.41, 5.74) is 3.57. The molecular weight excluding hydrogens is 302 g/mol. The van der Waals surface area contributed by atoms with Gasteiger partial charge in [0.1, 0.15) is 12.4 Å². The Morgan fingerprint density at radius 1 is 1.36 bits per heavy atom. The number of carboxylic acid groups (broad SMARTS) is 1. The van der Waals surface area contributed by atoms with E-state index in [4.69, 9.17) is 17.0 Å². The van der Waals surface area contributed by atoms with Gasteiger partial charge in [-0.05, 0) is 48.5 Å². The van der Waals surface area contributed by atoms with Crippen LogP contribution in [0.4, 0.5) is 0 Å². The van der Waals surface area contributed by atoms with Gasteiger partial charge in [0.25, 0.3) is 0 Å². The fourth-order valence-electron chi connectivity index (χ4n) is 1.57. The van der Waals surface area contributed by atoms with Gasteiger partial charge in [-0.15, -0.1) is 0 Å². The summed E-state index contributed by atoms with van der Waals surface area (Å²) in [5, 5.41) is 17.8. The lowest BCUT2D eigenvalue weighted by Gasteiger charge is -2.07. The molecule has 0 saturated carbocycles. The van der Waals surface area contributed by atoms with Gasteiger partial charge in [-0.2, -0.15) is 5.10 Å². The monoisotopic (exact) mass is 322 g/mol. The van der Waals surface area contributed by atoms with Crippen LogP contribution in [-0.2, 0) is 4.79 Å². The van der Waals surface area contributed by atoms with Crippen molar-refractivity contribution in [1.29, 1.82) is 0 Å². The van der Waals surface area contributed by atoms with Gasteiger partial charge >= 0.3 is 0 Å². The van der Waals surface area contributed by atoms with Crippen LogP contribution in [0.25, 0.3) is 0 Å². The number of carboxylic acids is 1. The Morgan fingerprint density at radius 2 is 2.09 bits per heavy atom. The highest BCUT2D eigenvalue weighted by molar-refractivity contribution is 7.80. The minimum absolute atomic E-state index is 0.461. The van der Waals surface area contributed by atoms with Gasteiger partial charge < -0.3 is 20.0 Å². The highest BCUT2D eigenvalue weighted by atomic mass is 32.1. The summed E-state index contributed by atoms with van der Waals surface area (Å²) < 4.78 is 4.98. The van der Waals surface area contributed by atoms with Crippen molar-refractivity contribution in [2.45, 2.75) is 26.2 Å². The summed E-state index contributed by atoms with van der Waals surface area (Å²) in [6.07, 6.45) is 5.03. The van der Waals surface area contributed by atoms with Crippen molar-refractivity contribution in [3.63, 3.8) is 0 Å². The highest BCUT2D eigenvalue weighted by Gasteiger charge is 1.95. The number of carbonyl (C=O) groups is 1. The Morgan fingerprint density at radius 3 is 2.73 bits per heavy atom. The molecule has 0 amide bonds. The van der Waals surface area contributed by atoms with Crippen molar-refractivity contribution in [2.75, 3.05) is 13.2 Å². The standard InChI is InChI=1S/C15H21N3O3S/c1-2-3-4-9-16-15(22)18-17-10-12-5-7-13(8-6-12)21-11-14(19)20/h5-8,10H,2-4,9,11H2,1H3,(H,19,20)(H2,16,18,22)/p-1/b17-10-. The maximum Gasteiger partial charge on any atom is 0.186 e. The van der Waals surface area contributed by atoms with Crippen LogP contribution in [0.5, 0.6) is 5.75 Å². The predicted octanol–water partition coefficient (Wildman–Crippen LogP) is 0.803. The number of benzene rings is 1. The van der Waals surface area contributed by atoms with E-state index in [0.717, 1.165) is 18.5 Å². The molecule has 0 aliphatic heterocycles. The molecule has 0 saturated heterocycles. The number of nitrogens with one attached hydrogen (secondary N) is 2. The fourth-order valence-corrected chi connectivity index (χ4v) is 1.73. The van der Waals surface area contributed by atoms with Crippen LogP contribution in [0.2, 0.25) is 0 Å². The maximum atomic E-state index is 10.3. The minimum atomic E-state index is -1.25. The second-order valence-corrected chi connectivity index (χ2v) is 4.97. The van der Waals surface area contributed by atoms with E-state index in [-0.39, 0.29) is 0 Å². The number of ether oxygens (including phenoxy) is 1. The molecule has 1 aromatic rings. The normalized spacial score (nSPS) is 10.4. The molecule has 0 atom stereocenters. The Labute approximate surface area is 135 Å². The number of rotatable bonds is 9. The van der Waals surface area contributed by atoms with Crippen molar-refractivity contribution >= 4 is 29.5 Å². The molecule has 0 spiro atoms. The number of nitrogens with zero attached hydrogens (tertiary/aromatic N) is 1. The Hall–Kier alpha value is -2.15. The molecule has 0 aliphatic rings. The first-order chi connectivity index (χ1) is 10.6. The molecule has 1 rings (SSSR count). The third-order valence-corrected chi connectivity index (χ3v) is 2.92. The van der Waals surface area contributed by atoms with Crippen LogP contribution < -0.4 is 20.6 Å². The minimum Gasteiger partial charge on any atom is -0.546 e. The van der Waals surface area contributed by atoms with Gasteiger partial charge in [-0.1, -0.05) is 19.8 Å². The van der Waals surface area contributed by atoms with Gasteiger partial charge in [-0.25, -0.2) is 0 Å². The summed E-state index contributed by atoms with van der Waals surface area (Å²) in [5.74, 6) is -0.794. The van der Waals surface area contributed by atoms with Crippen LogP contribution in [0.15, 0.2) is 29.4 Å². The van der Waals surface area contributed by atoms with E-state index in [2.05, 4.69) is 22.8 Å². The van der Waals surface area contributed by atoms with E-state index >= 15 is 0 Å². The molecule has 7 heteroatoms. The molecule has 2 N–H and O–H groups in total. The van der Waals surface area contributed by atoms with Crippen LogP contribution in [0, 0.1) is 0 Å². The number of hydrazone groups is 1.